The van der Waals surface area contributed by atoms with Crippen LogP contribution in [0.3, 0.4) is 0 Å². The summed E-state index contributed by atoms with van der Waals surface area (Å²) in [4.78, 5) is 28.9. The van der Waals surface area contributed by atoms with Gasteiger partial charge in [0.1, 0.15) is 5.82 Å². The Morgan fingerprint density at radius 1 is 1.19 bits per heavy atom. The fourth-order valence-corrected chi connectivity index (χ4v) is 3.79. The minimum atomic E-state index is -0.803. The van der Waals surface area contributed by atoms with Crippen molar-refractivity contribution in [3.63, 3.8) is 0 Å². The number of amides is 2. The van der Waals surface area contributed by atoms with Crippen LogP contribution < -0.4 is 10.6 Å². The van der Waals surface area contributed by atoms with E-state index in [0.29, 0.717) is 6.54 Å². The van der Waals surface area contributed by atoms with Gasteiger partial charge in [-0.1, -0.05) is 6.07 Å². The number of nitrogens with zero attached hydrogens (tertiary/aromatic N) is 2. The number of rotatable bonds is 5. The summed E-state index contributed by atoms with van der Waals surface area (Å²) < 4.78 is 13.2. The second-order valence-corrected chi connectivity index (χ2v) is 7.37. The number of anilines is 1. The van der Waals surface area contributed by atoms with E-state index < -0.39 is 17.6 Å². The van der Waals surface area contributed by atoms with E-state index >= 15 is 0 Å². The first-order valence-corrected chi connectivity index (χ1v) is 9.76. The van der Waals surface area contributed by atoms with Crippen molar-refractivity contribution in [3.8, 4) is 0 Å². The number of thiophene rings is 1. The predicted molar refractivity (Wildman–Crippen MR) is 104 cm³/mol. The van der Waals surface area contributed by atoms with Gasteiger partial charge >= 0.3 is 11.8 Å². The number of likely N-dealkylation sites (N-methyl/N-ethyl adjacent to an activating group) is 1. The molecule has 3 rings (SSSR count). The van der Waals surface area contributed by atoms with Gasteiger partial charge in [0.05, 0.1) is 6.04 Å². The highest BCUT2D eigenvalue weighted by molar-refractivity contribution is 7.08. The number of nitrogens with one attached hydrogen (secondary N) is 2. The van der Waals surface area contributed by atoms with E-state index in [9.17, 15) is 14.0 Å². The summed E-state index contributed by atoms with van der Waals surface area (Å²) in [7, 11) is 2.09. The summed E-state index contributed by atoms with van der Waals surface area (Å²) in [6.07, 6.45) is 0. The molecule has 0 unspecified atom stereocenters. The maximum atomic E-state index is 13.2. The molecule has 1 saturated heterocycles. The standard InChI is InChI=1S/C19H23FN4O2S/c1-23-6-8-24(9-7-23)17(14-5-10-27-13-14)12-21-18(25)19(26)22-16-4-2-3-15(20)11-16/h2-5,10-11,13,17H,6-9,12H2,1H3,(H,21,25)(H,22,26)/t17-/m0/s1. The van der Waals surface area contributed by atoms with Crippen LogP contribution >= 0.6 is 11.3 Å². The Morgan fingerprint density at radius 2 is 1.96 bits per heavy atom. The second kappa shape index (κ2) is 9.07. The van der Waals surface area contributed by atoms with Gasteiger partial charge in [0.2, 0.25) is 0 Å². The summed E-state index contributed by atoms with van der Waals surface area (Å²) in [5.41, 5.74) is 1.39. The van der Waals surface area contributed by atoms with Crippen molar-refractivity contribution in [2.75, 3.05) is 45.1 Å². The van der Waals surface area contributed by atoms with Crippen LogP contribution in [-0.2, 0) is 9.59 Å². The average Bonchev–Trinajstić information content (AvgIpc) is 3.17. The zero-order valence-electron chi connectivity index (χ0n) is 15.2. The van der Waals surface area contributed by atoms with Gasteiger partial charge in [-0.05, 0) is 47.6 Å². The number of carbonyl (C=O) groups is 2. The van der Waals surface area contributed by atoms with Gasteiger partial charge in [0.25, 0.3) is 0 Å². The molecule has 1 fully saturated rings. The van der Waals surface area contributed by atoms with Crippen molar-refractivity contribution in [2.45, 2.75) is 6.04 Å². The molecule has 27 heavy (non-hydrogen) atoms. The minimum Gasteiger partial charge on any atom is -0.346 e. The average molecular weight is 390 g/mol. The van der Waals surface area contributed by atoms with Crippen LogP contribution in [0, 0.1) is 5.82 Å². The molecular weight excluding hydrogens is 367 g/mol. The molecule has 0 saturated carbocycles. The molecule has 0 spiro atoms. The lowest BCUT2D eigenvalue weighted by atomic mass is 10.1. The van der Waals surface area contributed by atoms with Gasteiger partial charge in [-0.15, -0.1) is 0 Å². The Hall–Kier alpha value is -2.29. The molecule has 2 amide bonds. The molecule has 1 atom stereocenters. The minimum absolute atomic E-state index is 0.0240. The predicted octanol–water partition coefficient (Wildman–Crippen LogP) is 1.93. The highest BCUT2D eigenvalue weighted by atomic mass is 32.1. The molecular formula is C19H23FN4O2S. The van der Waals surface area contributed by atoms with E-state index in [1.807, 2.05) is 11.4 Å². The molecule has 0 radical (unpaired) electrons. The van der Waals surface area contributed by atoms with Crippen LogP contribution in [0.5, 0.6) is 0 Å². The molecule has 0 bridgehead atoms. The van der Waals surface area contributed by atoms with Crippen LogP contribution in [0.1, 0.15) is 11.6 Å². The zero-order valence-corrected chi connectivity index (χ0v) is 16.0. The first-order chi connectivity index (χ1) is 13.0. The Balaban J connectivity index is 1.59. The maximum absolute atomic E-state index is 13.2. The number of hydrogen-bond donors (Lipinski definition) is 2. The fourth-order valence-electron chi connectivity index (χ4n) is 3.08. The molecule has 2 N–H and O–H groups in total. The Bertz CT molecular complexity index is 776. The lowest BCUT2D eigenvalue weighted by molar-refractivity contribution is -0.136. The van der Waals surface area contributed by atoms with Gasteiger partial charge in [-0.3, -0.25) is 14.5 Å². The molecule has 8 heteroatoms. The largest absolute Gasteiger partial charge is 0.346 e. The maximum Gasteiger partial charge on any atom is 0.313 e. The number of hydrogen-bond acceptors (Lipinski definition) is 5. The molecule has 1 aliphatic rings. The van der Waals surface area contributed by atoms with E-state index in [-0.39, 0.29) is 11.7 Å². The van der Waals surface area contributed by atoms with Crippen LogP contribution in [0.2, 0.25) is 0 Å². The van der Waals surface area contributed by atoms with Crippen molar-refractivity contribution >= 4 is 28.8 Å². The van der Waals surface area contributed by atoms with E-state index in [0.717, 1.165) is 31.7 Å². The number of benzene rings is 1. The van der Waals surface area contributed by atoms with Crippen molar-refractivity contribution < 1.29 is 14.0 Å². The van der Waals surface area contributed by atoms with Crippen LogP contribution in [0.25, 0.3) is 0 Å². The van der Waals surface area contributed by atoms with Crippen molar-refractivity contribution in [2.24, 2.45) is 0 Å². The van der Waals surface area contributed by atoms with E-state index in [1.54, 1.807) is 11.3 Å². The SMILES string of the molecule is CN1CCN([C@@H](CNC(=O)C(=O)Nc2cccc(F)c2)c2ccsc2)CC1. The van der Waals surface area contributed by atoms with E-state index in [1.165, 1.54) is 24.3 Å². The molecule has 144 valence electrons. The highest BCUT2D eigenvalue weighted by Gasteiger charge is 2.25. The van der Waals surface area contributed by atoms with Crippen molar-refractivity contribution in [1.82, 2.24) is 15.1 Å². The molecule has 2 aromatic rings. The van der Waals surface area contributed by atoms with Crippen molar-refractivity contribution in [3.05, 3.63) is 52.5 Å². The third kappa shape index (κ3) is 5.35. The van der Waals surface area contributed by atoms with Gasteiger partial charge in [-0.25, -0.2) is 4.39 Å². The van der Waals surface area contributed by atoms with Gasteiger partial charge in [0.15, 0.2) is 0 Å². The summed E-state index contributed by atoms with van der Waals surface area (Å²) >= 11 is 1.61. The van der Waals surface area contributed by atoms with E-state index in [2.05, 4.69) is 32.9 Å². The van der Waals surface area contributed by atoms with Crippen LogP contribution in [-0.4, -0.2) is 61.4 Å². The van der Waals surface area contributed by atoms with Crippen LogP contribution in [0.15, 0.2) is 41.1 Å². The molecule has 1 aromatic heterocycles. The monoisotopic (exact) mass is 390 g/mol. The molecule has 2 heterocycles. The third-order valence-corrected chi connectivity index (χ3v) is 5.35. The van der Waals surface area contributed by atoms with Gasteiger partial charge in [-0.2, -0.15) is 11.3 Å². The Morgan fingerprint density at radius 3 is 2.63 bits per heavy atom. The van der Waals surface area contributed by atoms with Crippen molar-refractivity contribution in [1.29, 1.82) is 0 Å². The number of halogens is 1. The van der Waals surface area contributed by atoms with Gasteiger partial charge in [0, 0.05) is 38.4 Å². The fraction of sp³-hybridized carbons (Fsp3) is 0.368. The normalized spacial score (nSPS) is 16.7. The number of piperazine rings is 1. The first-order valence-electron chi connectivity index (χ1n) is 8.82. The smallest absolute Gasteiger partial charge is 0.313 e. The highest BCUT2D eigenvalue weighted by Crippen LogP contribution is 2.23. The lowest BCUT2D eigenvalue weighted by Crippen LogP contribution is -2.49. The zero-order chi connectivity index (χ0) is 19.2. The summed E-state index contributed by atoms with van der Waals surface area (Å²) in [5.74, 6) is -2.00. The molecule has 1 aliphatic heterocycles. The lowest BCUT2D eigenvalue weighted by Gasteiger charge is -2.37. The third-order valence-electron chi connectivity index (χ3n) is 4.65. The van der Waals surface area contributed by atoms with Gasteiger partial charge < -0.3 is 15.5 Å². The summed E-state index contributed by atoms with van der Waals surface area (Å²) in [5, 5.41) is 9.22. The topological polar surface area (TPSA) is 64.7 Å². The van der Waals surface area contributed by atoms with Crippen LogP contribution in [0.4, 0.5) is 10.1 Å². The number of carbonyl (C=O) groups excluding carboxylic acids is 2. The second-order valence-electron chi connectivity index (χ2n) is 6.59. The molecule has 1 aromatic carbocycles. The first kappa shape index (κ1) is 19.5. The Kier molecular flexibility index (Phi) is 6.54. The quantitative estimate of drug-likeness (QED) is 0.766. The Labute approximate surface area is 162 Å². The molecule has 6 nitrogen and oxygen atoms in total. The summed E-state index contributed by atoms with van der Waals surface area (Å²) in [6, 6.07) is 7.53. The van der Waals surface area contributed by atoms with E-state index in [4.69, 9.17) is 0 Å². The molecule has 0 aliphatic carbocycles. The summed E-state index contributed by atoms with van der Waals surface area (Å²) in [6.45, 7) is 4.09.